The van der Waals surface area contributed by atoms with Gasteiger partial charge in [0.25, 0.3) is 0 Å². The Morgan fingerprint density at radius 3 is 1.96 bits per heavy atom. The summed E-state index contributed by atoms with van der Waals surface area (Å²) in [6, 6.07) is 25.3. The Morgan fingerprint density at radius 1 is 0.769 bits per heavy atom. The summed E-state index contributed by atoms with van der Waals surface area (Å²) in [6.07, 6.45) is 2.10. The molecule has 0 aliphatic rings. The second kappa shape index (κ2) is 6.60. The number of benzene rings is 3. The number of aryl methyl sites for hydroxylation is 3. The molecule has 0 saturated carbocycles. The first-order chi connectivity index (χ1) is 12.6. The van der Waals surface area contributed by atoms with Crippen LogP contribution in [0.2, 0.25) is 0 Å². The van der Waals surface area contributed by atoms with Gasteiger partial charge in [0, 0.05) is 5.56 Å². The van der Waals surface area contributed by atoms with Crippen molar-refractivity contribution in [3.8, 4) is 28.1 Å². The molecule has 4 rings (SSSR count). The van der Waals surface area contributed by atoms with E-state index < -0.39 is 0 Å². The van der Waals surface area contributed by atoms with Gasteiger partial charge in [-0.3, -0.25) is 0 Å². The maximum atomic E-state index is 4.65. The zero-order chi connectivity index (χ0) is 18.1. The fourth-order valence-electron chi connectivity index (χ4n) is 3.52. The van der Waals surface area contributed by atoms with Gasteiger partial charge in [-0.1, -0.05) is 60.7 Å². The predicted molar refractivity (Wildman–Crippen MR) is 105 cm³/mol. The molecule has 0 unspecified atom stereocenters. The Bertz CT molecular complexity index is 1020. The van der Waals surface area contributed by atoms with Crippen molar-refractivity contribution in [2.75, 3.05) is 0 Å². The van der Waals surface area contributed by atoms with Crippen LogP contribution in [0.1, 0.15) is 11.1 Å². The van der Waals surface area contributed by atoms with Gasteiger partial charge in [0.2, 0.25) is 0 Å². The second-order valence-corrected chi connectivity index (χ2v) is 6.66. The molecule has 3 aromatic carbocycles. The molecule has 0 amide bonds. The lowest BCUT2D eigenvalue weighted by atomic mass is 9.94. The molecule has 1 heterocycles. The lowest BCUT2D eigenvalue weighted by Gasteiger charge is -2.10. The Hall–Kier alpha value is -3.20. The van der Waals surface area contributed by atoms with Gasteiger partial charge in [-0.2, -0.15) is 0 Å². The number of rotatable bonds is 3. The van der Waals surface area contributed by atoms with Crippen LogP contribution in [-0.4, -0.2) is 9.90 Å². The molecular formula is C23H22N3+. The van der Waals surface area contributed by atoms with E-state index in [2.05, 4.69) is 79.9 Å². The quantitative estimate of drug-likeness (QED) is 0.498. The molecule has 128 valence electrons. The van der Waals surface area contributed by atoms with Gasteiger partial charge < -0.3 is 0 Å². The summed E-state index contributed by atoms with van der Waals surface area (Å²) in [4.78, 5) is 0. The minimum absolute atomic E-state index is 1.06. The van der Waals surface area contributed by atoms with Crippen LogP contribution in [0.25, 0.3) is 28.1 Å². The highest BCUT2D eigenvalue weighted by atomic mass is 15.5. The van der Waals surface area contributed by atoms with Crippen LogP contribution in [0.5, 0.6) is 0 Å². The number of aromatic nitrogens is 3. The van der Waals surface area contributed by atoms with E-state index in [1.54, 1.807) is 0 Å². The van der Waals surface area contributed by atoms with Gasteiger partial charge in [0.05, 0.1) is 5.21 Å². The fraction of sp³-hybridized carbons (Fsp3) is 0.130. The molecule has 0 radical (unpaired) electrons. The van der Waals surface area contributed by atoms with Gasteiger partial charge >= 0.3 is 0 Å². The molecule has 0 fully saturated rings. The minimum Gasteiger partial charge on any atom is -0.132 e. The van der Waals surface area contributed by atoms with Gasteiger partial charge in [-0.05, 0) is 48.2 Å². The van der Waals surface area contributed by atoms with Crippen LogP contribution in [-0.2, 0) is 7.05 Å². The SMILES string of the molecule is Cc1cc(-c2ccccc2)cc(C)c1-c1cn(-c2ccccc2)n[n+]1C. The lowest BCUT2D eigenvalue weighted by molar-refractivity contribution is -0.721. The third-order valence-corrected chi connectivity index (χ3v) is 4.74. The van der Waals surface area contributed by atoms with E-state index >= 15 is 0 Å². The van der Waals surface area contributed by atoms with Crippen molar-refractivity contribution >= 4 is 0 Å². The Balaban J connectivity index is 1.81. The summed E-state index contributed by atoms with van der Waals surface area (Å²) in [5.41, 5.74) is 8.43. The molecule has 3 nitrogen and oxygen atoms in total. The second-order valence-electron chi connectivity index (χ2n) is 6.66. The molecule has 0 saturated heterocycles. The standard InChI is InChI=1S/C23H22N3/c1-17-14-20(19-10-6-4-7-11-19)15-18(2)23(17)22-16-26(24-25(22)3)21-12-8-5-9-13-21/h4-16H,1-3H3/q+1. The van der Waals surface area contributed by atoms with Gasteiger partial charge in [-0.15, -0.1) is 9.36 Å². The van der Waals surface area contributed by atoms with Crippen LogP contribution in [0.15, 0.2) is 79.0 Å². The lowest BCUT2D eigenvalue weighted by Crippen LogP contribution is -2.33. The van der Waals surface area contributed by atoms with Gasteiger partial charge in [-0.25, -0.2) is 0 Å². The van der Waals surface area contributed by atoms with Crippen molar-refractivity contribution in [2.45, 2.75) is 13.8 Å². The number of para-hydroxylation sites is 1. The normalized spacial score (nSPS) is 10.9. The Kier molecular flexibility index (Phi) is 4.13. The zero-order valence-electron chi connectivity index (χ0n) is 15.3. The van der Waals surface area contributed by atoms with Crippen LogP contribution in [0.3, 0.4) is 0 Å². The molecule has 1 aromatic heterocycles. The predicted octanol–water partition coefficient (Wildman–Crippen LogP) is 4.65. The summed E-state index contributed by atoms with van der Waals surface area (Å²) in [5.74, 6) is 0. The molecule has 3 heteroatoms. The molecular weight excluding hydrogens is 318 g/mol. The van der Waals surface area contributed by atoms with E-state index in [1.165, 1.54) is 27.8 Å². The number of hydrogen-bond acceptors (Lipinski definition) is 1. The molecule has 0 atom stereocenters. The van der Waals surface area contributed by atoms with Crippen molar-refractivity contribution in [3.63, 3.8) is 0 Å². The van der Waals surface area contributed by atoms with Crippen LogP contribution >= 0.6 is 0 Å². The molecule has 4 aromatic rings. The third kappa shape index (κ3) is 2.93. The first-order valence-corrected chi connectivity index (χ1v) is 8.82. The molecule has 0 aliphatic carbocycles. The molecule has 0 aliphatic heterocycles. The molecule has 0 bridgehead atoms. The highest BCUT2D eigenvalue weighted by molar-refractivity contribution is 5.73. The summed E-state index contributed by atoms with van der Waals surface area (Å²) in [5, 5.41) is 4.65. The summed E-state index contributed by atoms with van der Waals surface area (Å²) in [7, 11) is 2.00. The van der Waals surface area contributed by atoms with Crippen molar-refractivity contribution in [1.29, 1.82) is 0 Å². The maximum absolute atomic E-state index is 4.65. The largest absolute Gasteiger partial charge is 0.198 e. The van der Waals surface area contributed by atoms with Crippen molar-refractivity contribution < 1.29 is 4.68 Å². The minimum atomic E-state index is 1.06. The average molecular weight is 340 g/mol. The van der Waals surface area contributed by atoms with Crippen LogP contribution in [0.4, 0.5) is 0 Å². The van der Waals surface area contributed by atoms with E-state index in [9.17, 15) is 0 Å². The van der Waals surface area contributed by atoms with Gasteiger partial charge in [0.15, 0.2) is 17.6 Å². The maximum Gasteiger partial charge on any atom is 0.198 e. The van der Waals surface area contributed by atoms with Crippen LogP contribution in [0, 0.1) is 13.8 Å². The first-order valence-electron chi connectivity index (χ1n) is 8.82. The monoisotopic (exact) mass is 340 g/mol. The van der Waals surface area contributed by atoms with E-state index in [-0.39, 0.29) is 0 Å². The molecule has 0 spiro atoms. The highest BCUT2D eigenvalue weighted by Gasteiger charge is 2.20. The number of hydrogen-bond donors (Lipinski definition) is 0. The Labute approximate surface area is 154 Å². The smallest absolute Gasteiger partial charge is 0.132 e. The zero-order valence-corrected chi connectivity index (χ0v) is 15.3. The average Bonchev–Trinajstić information content (AvgIpc) is 3.04. The van der Waals surface area contributed by atoms with E-state index in [0.29, 0.717) is 0 Å². The molecule has 0 N–H and O–H groups in total. The van der Waals surface area contributed by atoms with Crippen molar-refractivity contribution in [1.82, 2.24) is 9.90 Å². The van der Waals surface area contributed by atoms with Crippen molar-refractivity contribution in [3.05, 3.63) is 90.1 Å². The molecule has 26 heavy (non-hydrogen) atoms. The summed E-state index contributed by atoms with van der Waals surface area (Å²) < 4.78 is 3.88. The summed E-state index contributed by atoms with van der Waals surface area (Å²) >= 11 is 0. The van der Waals surface area contributed by atoms with E-state index in [1.807, 2.05) is 34.6 Å². The van der Waals surface area contributed by atoms with E-state index in [4.69, 9.17) is 0 Å². The fourth-order valence-corrected chi connectivity index (χ4v) is 3.52. The third-order valence-electron chi connectivity index (χ3n) is 4.74. The topological polar surface area (TPSA) is 21.7 Å². The van der Waals surface area contributed by atoms with Gasteiger partial charge in [0.1, 0.15) is 7.05 Å². The highest BCUT2D eigenvalue weighted by Crippen LogP contribution is 2.30. The Morgan fingerprint density at radius 2 is 1.35 bits per heavy atom. The van der Waals surface area contributed by atoms with E-state index in [0.717, 1.165) is 11.4 Å². The number of nitrogens with zero attached hydrogens (tertiary/aromatic N) is 3. The summed E-state index contributed by atoms with van der Waals surface area (Å²) in [6.45, 7) is 4.35. The van der Waals surface area contributed by atoms with Crippen molar-refractivity contribution in [2.24, 2.45) is 7.05 Å². The first kappa shape index (κ1) is 16.3. The van der Waals surface area contributed by atoms with Crippen LogP contribution < -0.4 is 4.68 Å².